The fourth-order valence-corrected chi connectivity index (χ4v) is 2.94. The zero-order valence-corrected chi connectivity index (χ0v) is 13.9. The van der Waals surface area contributed by atoms with Crippen molar-refractivity contribution in [1.82, 2.24) is 9.78 Å². The van der Waals surface area contributed by atoms with Crippen molar-refractivity contribution in [3.63, 3.8) is 0 Å². The van der Waals surface area contributed by atoms with Crippen LogP contribution in [-0.2, 0) is 4.79 Å². The van der Waals surface area contributed by atoms with Crippen LogP contribution in [-0.4, -0.2) is 22.3 Å². The van der Waals surface area contributed by atoms with E-state index in [1.54, 1.807) is 0 Å². The van der Waals surface area contributed by atoms with Crippen LogP contribution in [0.1, 0.15) is 56.7 Å². The predicted octanol–water partition coefficient (Wildman–Crippen LogP) is 3.73. The maximum Gasteiger partial charge on any atom is 0.226 e. The van der Waals surface area contributed by atoms with E-state index < -0.39 is 0 Å². The van der Waals surface area contributed by atoms with Crippen LogP contribution in [0, 0.1) is 0 Å². The zero-order chi connectivity index (χ0) is 16.4. The van der Waals surface area contributed by atoms with Gasteiger partial charge in [-0.15, -0.1) is 0 Å². The molecule has 0 saturated carbocycles. The topological polar surface area (TPSA) is 56.1 Å². The van der Waals surface area contributed by atoms with Crippen molar-refractivity contribution < 1.29 is 9.53 Å². The molecule has 0 unspecified atom stereocenters. The first-order chi connectivity index (χ1) is 11.1. The van der Waals surface area contributed by atoms with Crippen LogP contribution >= 0.6 is 0 Å². The largest absolute Gasteiger partial charge is 0.494 e. The molecule has 0 saturated heterocycles. The van der Waals surface area contributed by atoms with E-state index in [1.807, 2.05) is 35.1 Å². The Bertz CT molecular complexity index is 689. The molecule has 1 atom stereocenters. The molecule has 1 aliphatic heterocycles. The Balaban J connectivity index is 1.90. The summed E-state index contributed by atoms with van der Waals surface area (Å²) in [5, 5.41) is 7.41. The standard InChI is InChI=1S/C18H23N3O2/c1-4-9-23-14-7-5-13(6-8-14)15-10-17(22)20-18-16(15)11-19-21(18)12(2)3/h5-8,11-12,15H,4,9-10H2,1-3H3,(H,20,22)/t15-/m0/s1. The molecule has 1 amide bonds. The summed E-state index contributed by atoms with van der Waals surface area (Å²) >= 11 is 0. The van der Waals surface area contributed by atoms with Crippen LogP contribution in [0.3, 0.4) is 0 Å². The van der Waals surface area contributed by atoms with E-state index in [0.29, 0.717) is 6.42 Å². The fraction of sp³-hybridized carbons (Fsp3) is 0.444. The van der Waals surface area contributed by atoms with Gasteiger partial charge in [0, 0.05) is 23.9 Å². The average Bonchev–Trinajstić information content (AvgIpc) is 2.96. The van der Waals surface area contributed by atoms with Gasteiger partial charge in [-0.3, -0.25) is 4.79 Å². The smallest absolute Gasteiger partial charge is 0.226 e. The highest BCUT2D eigenvalue weighted by Gasteiger charge is 2.30. The molecular weight excluding hydrogens is 290 g/mol. The van der Waals surface area contributed by atoms with Crippen LogP contribution in [0.2, 0.25) is 0 Å². The second-order valence-corrected chi connectivity index (χ2v) is 6.21. The molecule has 23 heavy (non-hydrogen) atoms. The normalized spacial score (nSPS) is 17.0. The number of fused-ring (bicyclic) bond motifs is 1. The highest BCUT2D eigenvalue weighted by Crippen LogP contribution is 2.38. The highest BCUT2D eigenvalue weighted by molar-refractivity contribution is 5.94. The molecule has 1 aromatic carbocycles. The van der Waals surface area contributed by atoms with E-state index >= 15 is 0 Å². The summed E-state index contributed by atoms with van der Waals surface area (Å²) in [5.74, 6) is 1.78. The number of hydrogen-bond donors (Lipinski definition) is 1. The van der Waals surface area contributed by atoms with Crippen LogP contribution in [0.15, 0.2) is 30.5 Å². The predicted molar refractivity (Wildman–Crippen MR) is 89.9 cm³/mol. The third-order valence-electron chi connectivity index (χ3n) is 4.09. The lowest BCUT2D eigenvalue weighted by Crippen LogP contribution is -2.25. The molecule has 0 radical (unpaired) electrons. The van der Waals surface area contributed by atoms with E-state index in [1.165, 1.54) is 0 Å². The summed E-state index contributed by atoms with van der Waals surface area (Å²) in [6.07, 6.45) is 3.31. The molecule has 0 aliphatic carbocycles. The zero-order valence-electron chi connectivity index (χ0n) is 13.9. The Morgan fingerprint density at radius 2 is 2.09 bits per heavy atom. The van der Waals surface area contributed by atoms with Crippen molar-refractivity contribution in [1.29, 1.82) is 0 Å². The van der Waals surface area contributed by atoms with Gasteiger partial charge >= 0.3 is 0 Å². The quantitative estimate of drug-likeness (QED) is 0.915. The molecule has 0 fully saturated rings. The van der Waals surface area contributed by atoms with Crippen LogP contribution < -0.4 is 10.1 Å². The van der Waals surface area contributed by atoms with Gasteiger partial charge < -0.3 is 10.1 Å². The Morgan fingerprint density at radius 1 is 1.35 bits per heavy atom. The van der Waals surface area contributed by atoms with Crippen molar-refractivity contribution in [3.05, 3.63) is 41.6 Å². The van der Waals surface area contributed by atoms with Gasteiger partial charge in [0.15, 0.2) is 0 Å². The number of ether oxygens (including phenoxy) is 1. The van der Waals surface area contributed by atoms with Crippen molar-refractivity contribution in [2.75, 3.05) is 11.9 Å². The second kappa shape index (κ2) is 6.44. The van der Waals surface area contributed by atoms with Crippen molar-refractivity contribution in [2.45, 2.75) is 45.6 Å². The Morgan fingerprint density at radius 3 is 2.74 bits per heavy atom. The first-order valence-electron chi connectivity index (χ1n) is 8.20. The molecular formula is C18H23N3O2. The lowest BCUT2D eigenvalue weighted by molar-refractivity contribution is -0.116. The molecule has 122 valence electrons. The van der Waals surface area contributed by atoms with Crippen molar-refractivity contribution in [3.8, 4) is 5.75 Å². The Labute approximate surface area is 136 Å². The minimum atomic E-state index is 0.0382. The molecule has 1 N–H and O–H groups in total. The van der Waals surface area contributed by atoms with Gasteiger partial charge in [0.05, 0.1) is 12.8 Å². The minimum absolute atomic E-state index is 0.0382. The minimum Gasteiger partial charge on any atom is -0.494 e. The summed E-state index contributed by atoms with van der Waals surface area (Å²) in [4.78, 5) is 12.1. The molecule has 3 rings (SSSR count). The monoisotopic (exact) mass is 313 g/mol. The number of benzene rings is 1. The summed E-state index contributed by atoms with van der Waals surface area (Å²) in [7, 11) is 0. The molecule has 2 aromatic rings. The number of hydrogen-bond acceptors (Lipinski definition) is 3. The van der Waals surface area contributed by atoms with E-state index in [-0.39, 0.29) is 17.9 Å². The number of aromatic nitrogens is 2. The van der Waals surface area contributed by atoms with Crippen LogP contribution in [0.5, 0.6) is 5.75 Å². The first-order valence-corrected chi connectivity index (χ1v) is 8.20. The third kappa shape index (κ3) is 3.09. The highest BCUT2D eigenvalue weighted by atomic mass is 16.5. The van der Waals surface area contributed by atoms with Gasteiger partial charge in [-0.05, 0) is 38.0 Å². The number of carbonyl (C=O) groups is 1. The van der Waals surface area contributed by atoms with Crippen molar-refractivity contribution in [2.24, 2.45) is 0 Å². The summed E-state index contributed by atoms with van der Waals surface area (Å²) < 4.78 is 7.50. The number of rotatable bonds is 5. The van der Waals surface area contributed by atoms with E-state index in [9.17, 15) is 4.79 Å². The SMILES string of the molecule is CCCOc1ccc([C@@H]2CC(=O)Nc3c2cnn3C(C)C)cc1. The number of nitrogens with zero attached hydrogens (tertiary/aromatic N) is 2. The molecule has 1 aliphatic rings. The van der Waals surface area contributed by atoms with Crippen LogP contribution in [0.25, 0.3) is 0 Å². The fourth-order valence-electron chi connectivity index (χ4n) is 2.94. The first kappa shape index (κ1) is 15.6. The van der Waals surface area contributed by atoms with Crippen LogP contribution in [0.4, 0.5) is 5.82 Å². The molecule has 1 aromatic heterocycles. The number of amides is 1. The summed E-state index contributed by atoms with van der Waals surface area (Å²) in [6, 6.07) is 8.26. The van der Waals surface area contributed by atoms with Gasteiger partial charge in [-0.2, -0.15) is 5.10 Å². The molecule has 5 nitrogen and oxygen atoms in total. The van der Waals surface area contributed by atoms with Gasteiger partial charge in [0.1, 0.15) is 11.6 Å². The van der Waals surface area contributed by atoms with Crippen molar-refractivity contribution >= 4 is 11.7 Å². The lowest BCUT2D eigenvalue weighted by Gasteiger charge is -2.24. The molecule has 0 bridgehead atoms. The number of anilines is 1. The Hall–Kier alpha value is -2.30. The van der Waals surface area contributed by atoms with E-state index in [2.05, 4.69) is 31.2 Å². The number of nitrogens with one attached hydrogen (secondary N) is 1. The van der Waals surface area contributed by atoms with Gasteiger partial charge in [0.2, 0.25) is 5.91 Å². The Kier molecular flexibility index (Phi) is 4.37. The molecule has 0 spiro atoms. The average molecular weight is 313 g/mol. The molecule has 5 heteroatoms. The molecule has 2 heterocycles. The maximum absolute atomic E-state index is 12.1. The lowest BCUT2D eigenvalue weighted by atomic mass is 9.87. The second-order valence-electron chi connectivity index (χ2n) is 6.21. The van der Waals surface area contributed by atoms with Gasteiger partial charge in [-0.1, -0.05) is 19.1 Å². The van der Waals surface area contributed by atoms with Gasteiger partial charge in [-0.25, -0.2) is 4.68 Å². The summed E-state index contributed by atoms with van der Waals surface area (Å²) in [6.45, 7) is 6.92. The maximum atomic E-state index is 12.1. The van der Waals surface area contributed by atoms with E-state index in [4.69, 9.17) is 4.74 Å². The third-order valence-corrected chi connectivity index (χ3v) is 4.09. The number of carbonyl (C=O) groups excluding carboxylic acids is 1. The summed E-state index contributed by atoms with van der Waals surface area (Å²) in [5.41, 5.74) is 2.20. The van der Waals surface area contributed by atoms with Gasteiger partial charge in [0.25, 0.3) is 0 Å². The van der Waals surface area contributed by atoms with E-state index in [0.717, 1.165) is 35.7 Å².